The van der Waals surface area contributed by atoms with E-state index in [2.05, 4.69) is 43.4 Å². The van der Waals surface area contributed by atoms with Gasteiger partial charge < -0.3 is 10.4 Å². The number of phenols is 1. The first-order chi connectivity index (χ1) is 11.5. The molecule has 4 heteroatoms. The Hall–Kier alpha value is -2.59. The van der Waals surface area contributed by atoms with E-state index in [1.54, 1.807) is 18.2 Å². The summed E-state index contributed by atoms with van der Waals surface area (Å²) in [4.78, 5) is 14.0. The van der Waals surface area contributed by atoms with Crippen molar-refractivity contribution >= 4 is 22.9 Å². The molecule has 122 valence electrons. The molecule has 0 saturated heterocycles. The lowest BCUT2D eigenvalue weighted by Crippen LogP contribution is -2.09. The van der Waals surface area contributed by atoms with Gasteiger partial charge in [0, 0.05) is 16.6 Å². The molecule has 0 aliphatic rings. The van der Waals surface area contributed by atoms with Gasteiger partial charge in [-0.15, -0.1) is 11.3 Å². The molecular formula is C20H19NO2S. The first kappa shape index (κ1) is 16.3. The average molecular weight is 337 g/mol. The second-order valence-electron chi connectivity index (χ2n) is 5.95. The first-order valence-electron chi connectivity index (χ1n) is 7.83. The molecule has 3 nitrogen and oxygen atoms in total. The van der Waals surface area contributed by atoms with E-state index in [0.29, 0.717) is 16.5 Å². The van der Waals surface area contributed by atoms with E-state index in [4.69, 9.17) is 0 Å². The largest absolute Gasteiger partial charge is 0.508 e. The third kappa shape index (κ3) is 3.66. The van der Waals surface area contributed by atoms with E-state index < -0.39 is 0 Å². The van der Waals surface area contributed by atoms with Crippen LogP contribution in [0.3, 0.4) is 0 Å². The number of nitrogens with one attached hydrogen (secondary N) is 1. The molecule has 1 heterocycles. The Labute approximate surface area is 145 Å². The van der Waals surface area contributed by atoms with Crippen LogP contribution in [0, 0.1) is 0 Å². The fourth-order valence-corrected chi connectivity index (χ4v) is 3.33. The number of hydrogen-bond donors (Lipinski definition) is 2. The smallest absolute Gasteiger partial charge is 0.265 e. The highest BCUT2D eigenvalue weighted by atomic mass is 32.1. The van der Waals surface area contributed by atoms with Gasteiger partial charge in [-0.25, -0.2) is 0 Å². The normalized spacial score (nSPS) is 10.8. The number of anilines is 1. The van der Waals surface area contributed by atoms with Gasteiger partial charge >= 0.3 is 0 Å². The molecular weight excluding hydrogens is 318 g/mol. The Bertz CT molecular complexity index is 850. The van der Waals surface area contributed by atoms with Crippen molar-refractivity contribution in [1.82, 2.24) is 0 Å². The standard InChI is InChI=1S/C20H19NO2S/c1-13(2)14-6-8-15(9-7-14)18-10-11-19(24-18)20(23)21-16-4-3-5-17(22)12-16/h3-13,22H,1-2H3,(H,21,23). The van der Waals surface area contributed by atoms with E-state index in [-0.39, 0.29) is 11.7 Å². The minimum atomic E-state index is -0.171. The highest BCUT2D eigenvalue weighted by Gasteiger charge is 2.11. The molecule has 0 aliphatic carbocycles. The Balaban J connectivity index is 1.76. The Morgan fingerprint density at radius 1 is 1.04 bits per heavy atom. The molecule has 2 N–H and O–H groups in total. The summed E-state index contributed by atoms with van der Waals surface area (Å²) in [6.07, 6.45) is 0. The van der Waals surface area contributed by atoms with Crippen molar-refractivity contribution in [2.24, 2.45) is 0 Å². The number of rotatable bonds is 4. The molecule has 0 saturated carbocycles. The van der Waals surface area contributed by atoms with Crippen LogP contribution in [0.15, 0.2) is 60.7 Å². The van der Waals surface area contributed by atoms with E-state index in [9.17, 15) is 9.90 Å². The van der Waals surface area contributed by atoms with E-state index in [0.717, 1.165) is 10.4 Å². The number of carbonyl (C=O) groups is 1. The number of amides is 1. The summed E-state index contributed by atoms with van der Waals surface area (Å²) in [6.45, 7) is 4.34. The number of phenolic OH excluding ortho intramolecular Hbond substituents is 1. The van der Waals surface area contributed by atoms with Gasteiger partial charge in [-0.05, 0) is 41.3 Å². The van der Waals surface area contributed by atoms with Crippen LogP contribution in [-0.2, 0) is 0 Å². The lowest BCUT2D eigenvalue weighted by molar-refractivity contribution is 0.103. The van der Waals surface area contributed by atoms with Crippen LogP contribution >= 0.6 is 11.3 Å². The van der Waals surface area contributed by atoms with Gasteiger partial charge in [0.05, 0.1) is 4.88 Å². The zero-order chi connectivity index (χ0) is 17.1. The molecule has 0 atom stereocenters. The van der Waals surface area contributed by atoms with Crippen molar-refractivity contribution in [2.75, 3.05) is 5.32 Å². The molecule has 0 fully saturated rings. The summed E-state index contributed by atoms with van der Waals surface area (Å²) in [5, 5.41) is 12.3. The second kappa shape index (κ2) is 6.89. The topological polar surface area (TPSA) is 49.3 Å². The van der Waals surface area contributed by atoms with Crippen LogP contribution in [-0.4, -0.2) is 11.0 Å². The van der Waals surface area contributed by atoms with Gasteiger partial charge in [0.25, 0.3) is 5.91 Å². The second-order valence-corrected chi connectivity index (χ2v) is 7.03. The van der Waals surface area contributed by atoms with Gasteiger partial charge in [0.2, 0.25) is 0 Å². The predicted molar refractivity (Wildman–Crippen MR) is 99.9 cm³/mol. The molecule has 1 amide bonds. The monoisotopic (exact) mass is 337 g/mol. The van der Waals surface area contributed by atoms with E-state index in [1.807, 2.05) is 12.1 Å². The number of aromatic hydroxyl groups is 1. The average Bonchev–Trinajstić information content (AvgIpc) is 3.05. The highest BCUT2D eigenvalue weighted by Crippen LogP contribution is 2.30. The molecule has 0 bridgehead atoms. The van der Waals surface area contributed by atoms with E-state index >= 15 is 0 Å². The van der Waals surface area contributed by atoms with Crippen LogP contribution in [0.4, 0.5) is 5.69 Å². The Morgan fingerprint density at radius 2 is 1.79 bits per heavy atom. The molecule has 0 aliphatic heterocycles. The van der Waals surface area contributed by atoms with E-state index in [1.165, 1.54) is 23.0 Å². The fourth-order valence-electron chi connectivity index (χ4n) is 2.42. The number of thiophene rings is 1. The molecule has 3 rings (SSSR count). The maximum absolute atomic E-state index is 12.3. The number of hydrogen-bond acceptors (Lipinski definition) is 3. The van der Waals surface area contributed by atoms with Crippen LogP contribution in [0.5, 0.6) is 5.75 Å². The zero-order valence-corrected chi connectivity index (χ0v) is 14.4. The summed E-state index contributed by atoms with van der Waals surface area (Å²) < 4.78 is 0. The van der Waals surface area contributed by atoms with Crippen LogP contribution in [0.2, 0.25) is 0 Å². The molecule has 1 aromatic heterocycles. The first-order valence-corrected chi connectivity index (χ1v) is 8.65. The highest BCUT2D eigenvalue weighted by molar-refractivity contribution is 7.17. The fraction of sp³-hybridized carbons (Fsp3) is 0.150. The number of benzene rings is 2. The SMILES string of the molecule is CC(C)c1ccc(-c2ccc(C(=O)Nc3cccc(O)c3)s2)cc1. The Morgan fingerprint density at radius 3 is 2.46 bits per heavy atom. The summed E-state index contributed by atoms with van der Waals surface area (Å²) >= 11 is 1.46. The maximum atomic E-state index is 12.3. The molecule has 24 heavy (non-hydrogen) atoms. The summed E-state index contributed by atoms with van der Waals surface area (Å²) in [5.74, 6) is 0.464. The van der Waals surface area contributed by atoms with Crippen molar-refractivity contribution in [3.8, 4) is 16.2 Å². The van der Waals surface area contributed by atoms with Crippen LogP contribution < -0.4 is 5.32 Å². The summed E-state index contributed by atoms with van der Waals surface area (Å²) in [6, 6.07) is 18.8. The maximum Gasteiger partial charge on any atom is 0.265 e. The van der Waals surface area contributed by atoms with Crippen molar-refractivity contribution in [3.63, 3.8) is 0 Å². The van der Waals surface area contributed by atoms with Crippen LogP contribution in [0.1, 0.15) is 35.0 Å². The van der Waals surface area contributed by atoms with Gasteiger partial charge in [0.1, 0.15) is 5.75 Å². The number of carbonyl (C=O) groups excluding carboxylic acids is 1. The van der Waals surface area contributed by atoms with Crippen LogP contribution in [0.25, 0.3) is 10.4 Å². The van der Waals surface area contributed by atoms with Gasteiger partial charge in [-0.3, -0.25) is 4.79 Å². The lowest BCUT2D eigenvalue weighted by Gasteiger charge is -2.06. The summed E-state index contributed by atoms with van der Waals surface area (Å²) in [7, 11) is 0. The van der Waals surface area contributed by atoms with Crippen molar-refractivity contribution in [3.05, 3.63) is 71.1 Å². The third-order valence-electron chi connectivity index (χ3n) is 3.80. The Kier molecular flexibility index (Phi) is 4.67. The zero-order valence-electron chi connectivity index (χ0n) is 13.6. The van der Waals surface area contributed by atoms with Crippen molar-refractivity contribution < 1.29 is 9.90 Å². The quantitative estimate of drug-likeness (QED) is 0.661. The molecule has 3 aromatic rings. The van der Waals surface area contributed by atoms with Gasteiger partial charge in [-0.2, -0.15) is 0 Å². The third-order valence-corrected chi connectivity index (χ3v) is 4.93. The summed E-state index contributed by atoms with van der Waals surface area (Å²) in [5.41, 5.74) is 2.99. The van der Waals surface area contributed by atoms with Gasteiger partial charge in [0.15, 0.2) is 0 Å². The molecule has 0 unspecified atom stereocenters. The predicted octanol–water partition coefficient (Wildman–Crippen LogP) is 5.50. The molecule has 0 radical (unpaired) electrons. The lowest BCUT2D eigenvalue weighted by atomic mass is 10.0. The van der Waals surface area contributed by atoms with Crippen molar-refractivity contribution in [2.45, 2.75) is 19.8 Å². The molecule has 2 aromatic carbocycles. The minimum absolute atomic E-state index is 0.130. The molecule has 0 spiro atoms. The minimum Gasteiger partial charge on any atom is -0.508 e. The van der Waals surface area contributed by atoms with Gasteiger partial charge in [-0.1, -0.05) is 44.2 Å². The van der Waals surface area contributed by atoms with Crippen molar-refractivity contribution in [1.29, 1.82) is 0 Å².